The number of aromatic nitrogens is 2. The van der Waals surface area contributed by atoms with Crippen LogP contribution in [-0.2, 0) is 4.84 Å². The molecule has 0 bridgehead atoms. The Kier molecular flexibility index (Phi) is 2.27. The van der Waals surface area contributed by atoms with E-state index < -0.39 is 0 Å². The lowest BCUT2D eigenvalue weighted by Crippen LogP contribution is -2.33. The molecule has 5 heteroatoms. The summed E-state index contributed by atoms with van der Waals surface area (Å²) in [5.74, 6) is -0.274. The molecule has 1 saturated carbocycles. The van der Waals surface area contributed by atoms with Crippen molar-refractivity contribution in [3.63, 3.8) is 0 Å². The molecule has 1 heterocycles. The van der Waals surface area contributed by atoms with E-state index in [2.05, 4.69) is 15.7 Å². The molecule has 0 aliphatic heterocycles. The molecule has 1 fully saturated rings. The number of H-pyrrole nitrogens is 1. The normalized spacial score (nSPS) is 16.6. The molecule has 5 nitrogen and oxygen atoms in total. The quantitative estimate of drug-likeness (QED) is 0.672. The largest absolute Gasteiger partial charge is 0.292 e. The Labute approximate surface area is 75.4 Å². The minimum atomic E-state index is -0.274. The first-order valence-corrected chi connectivity index (χ1v) is 4.31. The molecule has 0 radical (unpaired) electrons. The number of hydrogen-bond donors (Lipinski definition) is 2. The highest BCUT2D eigenvalue weighted by Crippen LogP contribution is 2.20. The predicted octanol–water partition coefficient (Wildman–Crippen LogP) is 0.624. The monoisotopic (exact) mass is 181 g/mol. The predicted molar refractivity (Wildman–Crippen MR) is 44.8 cm³/mol. The van der Waals surface area contributed by atoms with Gasteiger partial charge in [0.05, 0.1) is 6.10 Å². The summed E-state index contributed by atoms with van der Waals surface area (Å²) in [4.78, 5) is 16.4. The topological polar surface area (TPSA) is 67.0 Å². The number of amides is 1. The van der Waals surface area contributed by atoms with Crippen molar-refractivity contribution in [2.24, 2.45) is 0 Å². The summed E-state index contributed by atoms with van der Waals surface area (Å²) in [6, 6.07) is 1.60. The van der Waals surface area contributed by atoms with Gasteiger partial charge in [-0.2, -0.15) is 5.10 Å². The molecule has 0 atom stereocenters. The first-order valence-electron chi connectivity index (χ1n) is 4.31. The van der Waals surface area contributed by atoms with Gasteiger partial charge in [-0.15, -0.1) is 0 Å². The van der Waals surface area contributed by atoms with E-state index in [4.69, 9.17) is 4.84 Å². The molecular weight excluding hydrogens is 170 g/mol. The van der Waals surface area contributed by atoms with Gasteiger partial charge in [0.15, 0.2) is 0 Å². The number of carbonyl (C=O) groups excluding carboxylic acids is 1. The molecule has 0 unspecified atom stereocenters. The number of nitrogens with one attached hydrogen (secondary N) is 2. The van der Waals surface area contributed by atoms with E-state index in [9.17, 15) is 4.79 Å². The molecule has 2 N–H and O–H groups in total. The lowest BCUT2D eigenvalue weighted by molar-refractivity contribution is -0.0509. The van der Waals surface area contributed by atoms with Crippen LogP contribution in [0.2, 0.25) is 0 Å². The summed E-state index contributed by atoms with van der Waals surface area (Å²) < 4.78 is 0. The maximum absolute atomic E-state index is 11.2. The van der Waals surface area contributed by atoms with E-state index >= 15 is 0 Å². The summed E-state index contributed by atoms with van der Waals surface area (Å²) in [6.07, 6.45) is 4.97. The molecule has 1 amide bonds. The molecule has 1 aliphatic rings. The summed E-state index contributed by atoms with van der Waals surface area (Å²) in [5.41, 5.74) is 2.79. The fourth-order valence-electron chi connectivity index (χ4n) is 1.06. The number of nitrogens with zero attached hydrogens (tertiary/aromatic N) is 1. The van der Waals surface area contributed by atoms with Crippen molar-refractivity contribution in [3.05, 3.63) is 18.0 Å². The zero-order chi connectivity index (χ0) is 9.10. The number of hydrogen-bond acceptors (Lipinski definition) is 3. The second-order valence-electron chi connectivity index (χ2n) is 3.07. The highest BCUT2D eigenvalue weighted by molar-refractivity contribution is 5.91. The highest BCUT2D eigenvalue weighted by atomic mass is 16.7. The van der Waals surface area contributed by atoms with Crippen molar-refractivity contribution < 1.29 is 9.63 Å². The van der Waals surface area contributed by atoms with E-state index in [-0.39, 0.29) is 12.0 Å². The molecule has 2 rings (SSSR count). The SMILES string of the molecule is O=C(NOC1CCC1)c1ccn[nH]1. The summed E-state index contributed by atoms with van der Waals surface area (Å²) in [7, 11) is 0. The van der Waals surface area contributed by atoms with Crippen LogP contribution in [0.25, 0.3) is 0 Å². The fourth-order valence-corrected chi connectivity index (χ4v) is 1.06. The van der Waals surface area contributed by atoms with Crippen LogP contribution in [0.4, 0.5) is 0 Å². The fraction of sp³-hybridized carbons (Fsp3) is 0.500. The van der Waals surface area contributed by atoms with Crippen molar-refractivity contribution in [1.82, 2.24) is 15.7 Å². The lowest BCUT2D eigenvalue weighted by Gasteiger charge is -2.24. The minimum absolute atomic E-state index is 0.201. The highest BCUT2D eigenvalue weighted by Gasteiger charge is 2.19. The molecule has 1 aromatic rings. The molecule has 13 heavy (non-hydrogen) atoms. The summed E-state index contributed by atoms with van der Waals surface area (Å²) in [6.45, 7) is 0. The molecule has 70 valence electrons. The van der Waals surface area contributed by atoms with Crippen molar-refractivity contribution in [1.29, 1.82) is 0 Å². The zero-order valence-corrected chi connectivity index (χ0v) is 7.12. The maximum atomic E-state index is 11.2. The summed E-state index contributed by atoms with van der Waals surface area (Å²) in [5, 5.41) is 6.22. The van der Waals surface area contributed by atoms with Crippen LogP contribution < -0.4 is 5.48 Å². The van der Waals surface area contributed by atoms with E-state index in [1.807, 2.05) is 0 Å². The number of carbonyl (C=O) groups is 1. The Hall–Kier alpha value is -1.36. The second kappa shape index (κ2) is 3.57. The van der Waals surface area contributed by atoms with Crippen molar-refractivity contribution in [3.8, 4) is 0 Å². The molecule has 0 aromatic carbocycles. The standard InChI is InChI=1S/C8H11N3O2/c12-8(7-4-5-9-10-7)11-13-6-2-1-3-6/h4-6H,1-3H2,(H,9,10)(H,11,12). The van der Waals surface area contributed by atoms with Gasteiger partial charge in [-0.1, -0.05) is 0 Å². The molecule has 0 spiro atoms. The van der Waals surface area contributed by atoms with Crippen LogP contribution >= 0.6 is 0 Å². The second-order valence-corrected chi connectivity index (χ2v) is 3.07. The van der Waals surface area contributed by atoms with Crippen LogP contribution in [0.1, 0.15) is 29.8 Å². The number of aromatic amines is 1. The van der Waals surface area contributed by atoms with E-state index in [0.29, 0.717) is 5.69 Å². The van der Waals surface area contributed by atoms with Gasteiger partial charge in [-0.05, 0) is 25.3 Å². The van der Waals surface area contributed by atoms with Crippen molar-refractivity contribution in [2.45, 2.75) is 25.4 Å². The van der Waals surface area contributed by atoms with Gasteiger partial charge >= 0.3 is 0 Å². The minimum Gasteiger partial charge on any atom is -0.273 e. The summed E-state index contributed by atoms with van der Waals surface area (Å²) >= 11 is 0. The Bertz CT molecular complexity index is 280. The van der Waals surface area contributed by atoms with Gasteiger partial charge in [-0.3, -0.25) is 14.7 Å². The van der Waals surface area contributed by atoms with Crippen LogP contribution in [0, 0.1) is 0 Å². The first kappa shape index (κ1) is 8.25. The van der Waals surface area contributed by atoms with E-state index in [1.165, 1.54) is 12.6 Å². The van der Waals surface area contributed by atoms with Gasteiger partial charge in [0, 0.05) is 6.20 Å². The number of hydroxylamine groups is 1. The maximum Gasteiger partial charge on any atom is 0.292 e. The average molecular weight is 181 g/mol. The van der Waals surface area contributed by atoms with Gasteiger partial charge in [0.25, 0.3) is 5.91 Å². The Morgan fingerprint density at radius 1 is 1.69 bits per heavy atom. The Morgan fingerprint density at radius 3 is 3.08 bits per heavy atom. The van der Waals surface area contributed by atoms with Gasteiger partial charge in [-0.25, -0.2) is 5.48 Å². The third-order valence-corrected chi connectivity index (χ3v) is 2.12. The number of rotatable bonds is 3. The molecular formula is C8H11N3O2. The molecule has 0 saturated heterocycles. The van der Waals surface area contributed by atoms with Crippen LogP contribution in [0.5, 0.6) is 0 Å². The zero-order valence-electron chi connectivity index (χ0n) is 7.12. The van der Waals surface area contributed by atoms with Crippen LogP contribution in [0.15, 0.2) is 12.3 Å². The van der Waals surface area contributed by atoms with E-state index in [0.717, 1.165) is 12.8 Å². The van der Waals surface area contributed by atoms with Crippen molar-refractivity contribution >= 4 is 5.91 Å². The van der Waals surface area contributed by atoms with Crippen LogP contribution in [0.3, 0.4) is 0 Å². The Balaban J connectivity index is 1.78. The van der Waals surface area contributed by atoms with Gasteiger partial charge < -0.3 is 0 Å². The Morgan fingerprint density at radius 2 is 2.54 bits per heavy atom. The van der Waals surface area contributed by atoms with Gasteiger partial charge in [0.1, 0.15) is 5.69 Å². The van der Waals surface area contributed by atoms with E-state index in [1.54, 1.807) is 6.07 Å². The molecule has 1 aromatic heterocycles. The van der Waals surface area contributed by atoms with Crippen LogP contribution in [-0.4, -0.2) is 22.2 Å². The third kappa shape index (κ3) is 1.86. The van der Waals surface area contributed by atoms with Gasteiger partial charge in [0.2, 0.25) is 0 Å². The smallest absolute Gasteiger partial charge is 0.273 e. The van der Waals surface area contributed by atoms with Crippen molar-refractivity contribution in [2.75, 3.05) is 0 Å². The third-order valence-electron chi connectivity index (χ3n) is 2.12. The molecule has 1 aliphatic carbocycles. The first-order chi connectivity index (χ1) is 6.36. The average Bonchev–Trinajstić information content (AvgIpc) is 2.52. The lowest BCUT2D eigenvalue weighted by atomic mass is 9.97.